The molecule has 5 heteroatoms. The van der Waals surface area contributed by atoms with E-state index in [-0.39, 0.29) is 11.9 Å². The molecule has 0 aliphatic carbocycles. The van der Waals surface area contributed by atoms with E-state index in [4.69, 9.17) is 10.5 Å². The summed E-state index contributed by atoms with van der Waals surface area (Å²) in [4.78, 5) is 15.8. The van der Waals surface area contributed by atoms with E-state index in [2.05, 4.69) is 10.3 Å². The minimum Gasteiger partial charge on any atom is -0.494 e. The molecular weight excluding hydrogens is 206 g/mol. The van der Waals surface area contributed by atoms with Crippen molar-refractivity contribution in [2.45, 2.75) is 19.4 Å². The lowest BCUT2D eigenvalue weighted by atomic mass is 10.2. The third kappa shape index (κ3) is 2.93. The van der Waals surface area contributed by atoms with Gasteiger partial charge in [0, 0.05) is 18.8 Å². The molecule has 0 bridgehead atoms. The molecule has 0 saturated carbocycles. The van der Waals surface area contributed by atoms with Gasteiger partial charge in [0.15, 0.2) is 0 Å². The summed E-state index contributed by atoms with van der Waals surface area (Å²) in [5, 5.41) is 2.84. The number of carbonyl (C=O) groups is 1. The van der Waals surface area contributed by atoms with Crippen molar-refractivity contribution in [2.75, 3.05) is 13.7 Å². The number of hydrogen-bond acceptors (Lipinski definition) is 4. The van der Waals surface area contributed by atoms with Crippen LogP contribution in [0.5, 0.6) is 5.75 Å². The molecule has 5 nitrogen and oxygen atoms in total. The van der Waals surface area contributed by atoms with Gasteiger partial charge in [-0.2, -0.15) is 0 Å². The van der Waals surface area contributed by atoms with Crippen molar-refractivity contribution in [3.63, 3.8) is 0 Å². The zero-order chi connectivity index (χ0) is 12.0. The van der Waals surface area contributed by atoms with Gasteiger partial charge in [-0.15, -0.1) is 0 Å². The summed E-state index contributed by atoms with van der Waals surface area (Å²) < 4.78 is 5.06. The van der Waals surface area contributed by atoms with Crippen LogP contribution >= 0.6 is 0 Å². The second kappa shape index (κ2) is 6.07. The number of ether oxygens (including phenoxy) is 1. The van der Waals surface area contributed by atoms with E-state index >= 15 is 0 Å². The first-order valence-corrected chi connectivity index (χ1v) is 5.21. The summed E-state index contributed by atoms with van der Waals surface area (Å²) in [6, 6.07) is 1.61. The molecule has 1 amide bonds. The molecule has 0 aliphatic heterocycles. The fourth-order valence-corrected chi connectivity index (χ4v) is 1.32. The fourth-order valence-electron chi connectivity index (χ4n) is 1.32. The maximum atomic E-state index is 11.9. The molecule has 1 unspecified atom stereocenters. The first-order valence-electron chi connectivity index (χ1n) is 5.21. The Balaban J connectivity index is 2.79. The Labute approximate surface area is 95.0 Å². The van der Waals surface area contributed by atoms with Crippen LogP contribution in [0.4, 0.5) is 0 Å². The number of aromatic nitrogens is 1. The van der Waals surface area contributed by atoms with Crippen molar-refractivity contribution in [1.29, 1.82) is 0 Å². The zero-order valence-electron chi connectivity index (χ0n) is 9.56. The Morgan fingerprint density at radius 2 is 2.44 bits per heavy atom. The van der Waals surface area contributed by atoms with E-state index in [1.807, 2.05) is 6.92 Å². The first-order chi connectivity index (χ1) is 7.72. The van der Waals surface area contributed by atoms with Crippen molar-refractivity contribution in [1.82, 2.24) is 10.3 Å². The van der Waals surface area contributed by atoms with E-state index in [9.17, 15) is 4.79 Å². The topological polar surface area (TPSA) is 77.2 Å². The average molecular weight is 223 g/mol. The number of pyridine rings is 1. The molecule has 0 fully saturated rings. The second-order valence-corrected chi connectivity index (χ2v) is 3.39. The Bertz CT molecular complexity index is 351. The van der Waals surface area contributed by atoms with E-state index < -0.39 is 0 Å². The number of nitrogens with two attached hydrogens (primary N) is 1. The minimum atomic E-state index is -0.184. The lowest BCUT2D eigenvalue weighted by Crippen LogP contribution is -2.39. The van der Waals surface area contributed by atoms with Crippen LogP contribution in [-0.2, 0) is 0 Å². The normalized spacial score (nSPS) is 11.9. The fraction of sp³-hybridized carbons (Fsp3) is 0.455. The molecule has 1 rings (SSSR count). The Morgan fingerprint density at radius 3 is 3.00 bits per heavy atom. The molecule has 16 heavy (non-hydrogen) atoms. The number of hydrogen-bond donors (Lipinski definition) is 2. The van der Waals surface area contributed by atoms with Gasteiger partial charge >= 0.3 is 0 Å². The molecule has 1 heterocycles. The van der Waals surface area contributed by atoms with Crippen LogP contribution in [-0.4, -0.2) is 30.6 Å². The van der Waals surface area contributed by atoms with Gasteiger partial charge in [-0.25, -0.2) is 0 Å². The van der Waals surface area contributed by atoms with E-state index in [0.29, 0.717) is 17.9 Å². The number of amides is 1. The smallest absolute Gasteiger partial charge is 0.255 e. The van der Waals surface area contributed by atoms with Gasteiger partial charge in [0.2, 0.25) is 0 Å². The Morgan fingerprint density at radius 1 is 1.69 bits per heavy atom. The van der Waals surface area contributed by atoms with Gasteiger partial charge < -0.3 is 15.8 Å². The van der Waals surface area contributed by atoms with E-state index in [0.717, 1.165) is 6.42 Å². The first kappa shape index (κ1) is 12.4. The van der Waals surface area contributed by atoms with Gasteiger partial charge in [-0.3, -0.25) is 9.78 Å². The summed E-state index contributed by atoms with van der Waals surface area (Å²) in [6.45, 7) is 2.40. The predicted octanol–water partition coefficient (Wildman–Crippen LogP) is 0.557. The molecule has 1 atom stereocenters. The van der Waals surface area contributed by atoms with Crippen molar-refractivity contribution in [2.24, 2.45) is 5.73 Å². The molecule has 3 N–H and O–H groups in total. The number of carbonyl (C=O) groups excluding carboxylic acids is 1. The highest BCUT2D eigenvalue weighted by Crippen LogP contribution is 2.15. The molecule has 0 aromatic carbocycles. The van der Waals surface area contributed by atoms with Crippen LogP contribution in [0.1, 0.15) is 23.7 Å². The quantitative estimate of drug-likeness (QED) is 0.764. The molecule has 88 valence electrons. The predicted molar refractivity (Wildman–Crippen MR) is 61.4 cm³/mol. The van der Waals surface area contributed by atoms with Gasteiger partial charge in [-0.1, -0.05) is 6.92 Å². The Hall–Kier alpha value is -1.62. The van der Waals surface area contributed by atoms with Crippen LogP contribution in [0.25, 0.3) is 0 Å². The number of nitrogens with one attached hydrogen (secondary N) is 1. The third-order valence-corrected chi connectivity index (χ3v) is 2.36. The molecule has 0 aliphatic rings. The van der Waals surface area contributed by atoms with Crippen molar-refractivity contribution >= 4 is 5.91 Å². The van der Waals surface area contributed by atoms with Crippen LogP contribution in [0.2, 0.25) is 0 Å². The van der Waals surface area contributed by atoms with E-state index in [1.54, 1.807) is 12.3 Å². The highest BCUT2D eigenvalue weighted by atomic mass is 16.5. The standard InChI is InChI=1S/C11H17N3O2/c1-3-8(6-12)14-11(15)9-4-5-13-7-10(9)16-2/h4-5,7-8H,3,6,12H2,1-2H3,(H,14,15). The third-order valence-electron chi connectivity index (χ3n) is 2.36. The maximum Gasteiger partial charge on any atom is 0.255 e. The highest BCUT2D eigenvalue weighted by Gasteiger charge is 2.14. The Kier molecular flexibility index (Phi) is 4.72. The van der Waals surface area contributed by atoms with Gasteiger partial charge in [0.25, 0.3) is 5.91 Å². The molecule has 0 saturated heterocycles. The average Bonchev–Trinajstić information content (AvgIpc) is 2.35. The summed E-state index contributed by atoms with van der Waals surface area (Å²) in [5.41, 5.74) is 6.00. The van der Waals surface area contributed by atoms with Crippen LogP contribution in [0, 0.1) is 0 Å². The summed E-state index contributed by atoms with van der Waals surface area (Å²) in [7, 11) is 1.51. The van der Waals surface area contributed by atoms with Crippen molar-refractivity contribution in [3.05, 3.63) is 24.0 Å². The van der Waals surface area contributed by atoms with E-state index in [1.165, 1.54) is 13.3 Å². The molecule has 1 aromatic heterocycles. The largest absolute Gasteiger partial charge is 0.494 e. The second-order valence-electron chi connectivity index (χ2n) is 3.39. The molecular formula is C11H17N3O2. The SMILES string of the molecule is CCC(CN)NC(=O)c1ccncc1OC. The van der Waals surface area contributed by atoms with Gasteiger partial charge in [0.05, 0.1) is 18.9 Å². The summed E-state index contributed by atoms with van der Waals surface area (Å²) in [5.74, 6) is 0.281. The molecule has 0 radical (unpaired) electrons. The van der Waals surface area contributed by atoms with Crippen LogP contribution < -0.4 is 15.8 Å². The highest BCUT2D eigenvalue weighted by molar-refractivity contribution is 5.96. The summed E-state index contributed by atoms with van der Waals surface area (Å²) >= 11 is 0. The minimum absolute atomic E-state index is 0.00892. The monoisotopic (exact) mass is 223 g/mol. The number of methoxy groups -OCH3 is 1. The maximum absolute atomic E-state index is 11.9. The van der Waals surface area contributed by atoms with Crippen LogP contribution in [0.15, 0.2) is 18.5 Å². The van der Waals surface area contributed by atoms with Gasteiger partial charge in [-0.05, 0) is 12.5 Å². The number of rotatable bonds is 5. The summed E-state index contributed by atoms with van der Waals surface area (Å²) in [6.07, 6.45) is 3.87. The van der Waals surface area contributed by atoms with Crippen LogP contribution in [0.3, 0.4) is 0 Å². The van der Waals surface area contributed by atoms with Crippen molar-refractivity contribution in [3.8, 4) is 5.75 Å². The lowest BCUT2D eigenvalue weighted by Gasteiger charge is -2.15. The molecule has 1 aromatic rings. The molecule has 0 spiro atoms. The van der Waals surface area contributed by atoms with Gasteiger partial charge in [0.1, 0.15) is 5.75 Å². The number of nitrogens with zero attached hydrogens (tertiary/aromatic N) is 1. The van der Waals surface area contributed by atoms with Crippen molar-refractivity contribution < 1.29 is 9.53 Å². The lowest BCUT2D eigenvalue weighted by molar-refractivity contribution is 0.0934. The zero-order valence-corrected chi connectivity index (χ0v) is 9.56.